The molecule has 0 aliphatic rings. The fraction of sp³-hybridized carbons (Fsp3) is 0.235. The molecule has 0 atom stereocenters. The summed E-state index contributed by atoms with van der Waals surface area (Å²) in [5.41, 5.74) is 7.31. The van der Waals surface area contributed by atoms with Gasteiger partial charge < -0.3 is 21.1 Å². The molecule has 2 aromatic carbocycles. The van der Waals surface area contributed by atoms with Gasteiger partial charge in [0.05, 0.1) is 0 Å². The highest BCUT2D eigenvalue weighted by molar-refractivity contribution is 5.92. The van der Waals surface area contributed by atoms with Crippen LogP contribution in [-0.2, 0) is 0 Å². The van der Waals surface area contributed by atoms with Gasteiger partial charge in [-0.2, -0.15) is 0 Å². The van der Waals surface area contributed by atoms with E-state index in [2.05, 4.69) is 20.4 Å². The minimum Gasteiger partial charge on any atom is -0.406 e. The maximum absolute atomic E-state index is 12.1. The maximum atomic E-state index is 12.1. The van der Waals surface area contributed by atoms with E-state index in [1.165, 1.54) is 24.3 Å². The van der Waals surface area contributed by atoms with Crippen LogP contribution >= 0.6 is 0 Å². The average molecular weight is 352 g/mol. The quantitative estimate of drug-likeness (QED) is 0.402. The van der Waals surface area contributed by atoms with Gasteiger partial charge in [-0.05, 0) is 42.8 Å². The Kier molecular flexibility index (Phi) is 6.50. The largest absolute Gasteiger partial charge is 0.573 e. The normalized spacial score (nSPS) is 11.9. The zero-order valence-corrected chi connectivity index (χ0v) is 13.4. The highest BCUT2D eigenvalue weighted by Gasteiger charge is 2.30. The molecule has 0 unspecified atom stereocenters. The first-order valence-electron chi connectivity index (χ1n) is 7.64. The monoisotopic (exact) mass is 352 g/mol. The Balaban J connectivity index is 1.71. The van der Waals surface area contributed by atoms with Crippen molar-refractivity contribution in [3.8, 4) is 5.75 Å². The van der Waals surface area contributed by atoms with Crippen molar-refractivity contribution in [1.82, 2.24) is 0 Å². The van der Waals surface area contributed by atoms with E-state index in [0.29, 0.717) is 12.2 Å². The Morgan fingerprint density at radius 2 is 1.68 bits per heavy atom. The van der Waals surface area contributed by atoms with Crippen molar-refractivity contribution in [3.05, 3.63) is 54.6 Å². The van der Waals surface area contributed by atoms with Crippen LogP contribution in [0.5, 0.6) is 5.75 Å². The number of nitrogens with one attached hydrogen (secondary N) is 2. The van der Waals surface area contributed by atoms with E-state index in [0.717, 1.165) is 18.7 Å². The predicted molar refractivity (Wildman–Crippen MR) is 92.8 cm³/mol. The molecule has 0 bridgehead atoms. The third kappa shape index (κ3) is 7.47. The van der Waals surface area contributed by atoms with Crippen LogP contribution in [0.1, 0.15) is 6.42 Å². The summed E-state index contributed by atoms with van der Waals surface area (Å²) in [4.78, 5) is 4.16. The molecular formula is C17H19F3N4O. The van der Waals surface area contributed by atoms with E-state index in [4.69, 9.17) is 5.73 Å². The van der Waals surface area contributed by atoms with Gasteiger partial charge in [-0.25, -0.2) is 0 Å². The molecule has 2 rings (SSSR count). The zero-order chi connectivity index (χ0) is 18.1. The number of alkyl halides is 3. The fourth-order valence-corrected chi connectivity index (χ4v) is 1.99. The SMILES string of the molecule is NC(=NCCCNc1ccccc1)Nc1ccc(OC(F)(F)F)cc1. The Morgan fingerprint density at radius 3 is 2.32 bits per heavy atom. The molecule has 0 saturated carbocycles. The summed E-state index contributed by atoms with van der Waals surface area (Å²) in [6, 6.07) is 15.1. The van der Waals surface area contributed by atoms with Gasteiger partial charge in [0.25, 0.3) is 0 Å². The highest BCUT2D eigenvalue weighted by atomic mass is 19.4. The smallest absolute Gasteiger partial charge is 0.406 e. The summed E-state index contributed by atoms with van der Waals surface area (Å²) in [5, 5.41) is 6.07. The van der Waals surface area contributed by atoms with Crippen LogP contribution in [0.25, 0.3) is 0 Å². The molecular weight excluding hydrogens is 333 g/mol. The number of hydrogen-bond donors (Lipinski definition) is 3. The molecule has 0 heterocycles. The zero-order valence-electron chi connectivity index (χ0n) is 13.4. The van der Waals surface area contributed by atoms with Crippen LogP contribution in [-0.4, -0.2) is 25.4 Å². The molecule has 134 valence electrons. The van der Waals surface area contributed by atoms with Gasteiger partial charge in [0.15, 0.2) is 5.96 Å². The Morgan fingerprint density at radius 1 is 1.00 bits per heavy atom. The third-order valence-electron chi connectivity index (χ3n) is 3.08. The first kappa shape index (κ1) is 18.4. The van der Waals surface area contributed by atoms with E-state index in [1.807, 2.05) is 30.3 Å². The van der Waals surface area contributed by atoms with E-state index in [-0.39, 0.29) is 11.7 Å². The number of halogens is 3. The number of para-hydroxylation sites is 1. The lowest BCUT2D eigenvalue weighted by Crippen LogP contribution is -2.23. The number of hydrogen-bond acceptors (Lipinski definition) is 3. The standard InChI is InChI=1S/C17H19F3N4O/c18-17(19,20)25-15-9-7-14(8-10-15)24-16(21)23-12-4-11-22-13-5-2-1-3-6-13/h1-3,5-10,22H,4,11-12H2,(H3,21,23,24). The van der Waals surface area contributed by atoms with Crippen molar-refractivity contribution in [2.45, 2.75) is 12.8 Å². The summed E-state index contributed by atoms with van der Waals surface area (Å²) in [6.07, 6.45) is -3.92. The summed E-state index contributed by atoms with van der Waals surface area (Å²) in [6.45, 7) is 1.28. The predicted octanol–water partition coefficient (Wildman–Crippen LogP) is 3.81. The lowest BCUT2D eigenvalue weighted by atomic mass is 10.3. The van der Waals surface area contributed by atoms with E-state index in [9.17, 15) is 13.2 Å². The van der Waals surface area contributed by atoms with Crippen LogP contribution in [0.15, 0.2) is 59.6 Å². The molecule has 0 radical (unpaired) electrons. The highest BCUT2D eigenvalue weighted by Crippen LogP contribution is 2.23. The molecule has 0 aliphatic heterocycles. The van der Waals surface area contributed by atoms with Gasteiger partial charge in [0.2, 0.25) is 0 Å². The lowest BCUT2D eigenvalue weighted by molar-refractivity contribution is -0.274. The van der Waals surface area contributed by atoms with Crippen molar-refractivity contribution in [2.24, 2.45) is 10.7 Å². The van der Waals surface area contributed by atoms with E-state index >= 15 is 0 Å². The van der Waals surface area contributed by atoms with E-state index in [1.54, 1.807) is 0 Å². The summed E-state index contributed by atoms with van der Waals surface area (Å²) < 4.78 is 40.0. The number of nitrogens with zero attached hydrogens (tertiary/aromatic N) is 1. The number of benzene rings is 2. The Hall–Kier alpha value is -2.90. The number of guanidine groups is 1. The third-order valence-corrected chi connectivity index (χ3v) is 3.08. The van der Waals surface area contributed by atoms with Gasteiger partial charge in [-0.1, -0.05) is 18.2 Å². The number of ether oxygens (including phenoxy) is 1. The molecule has 2 aromatic rings. The maximum Gasteiger partial charge on any atom is 0.573 e. The van der Waals surface area contributed by atoms with Crippen LogP contribution in [0, 0.1) is 0 Å². The van der Waals surface area contributed by atoms with Crippen LogP contribution in [0.4, 0.5) is 24.5 Å². The summed E-state index contributed by atoms with van der Waals surface area (Å²) >= 11 is 0. The molecule has 5 nitrogen and oxygen atoms in total. The summed E-state index contributed by atoms with van der Waals surface area (Å²) in [7, 11) is 0. The number of anilines is 2. The minimum atomic E-state index is -4.71. The van der Waals surface area contributed by atoms with Crippen LogP contribution in [0.2, 0.25) is 0 Å². The molecule has 0 amide bonds. The molecule has 4 N–H and O–H groups in total. The molecule has 0 aromatic heterocycles. The number of nitrogens with two attached hydrogens (primary N) is 1. The fourth-order valence-electron chi connectivity index (χ4n) is 1.99. The van der Waals surface area contributed by atoms with Crippen molar-refractivity contribution in [3.63, 3.8) is 0 Å². The second-order valence-corrected chi connectivity index (χ2v) is 5.11. The van der Waals surface area contributed by atoms with Crippen molar-refractivity contribution < 1.29 is 17.9 Å². The van der Waals surface area contributed by atoms with Gasteiger partial charge in [0.1, 0.15) is 5.75 Å². The van der Waals surface area contributed by atoms with Crippen molar-refractivity contribution in [1.29, 1.82) is 0 Å². The first-order valence-corrected chi connectivity index (χ1v) is 7.64. The Labute approximate surface area is 143 Å². The minimum absolute atomic E-state index is 0.198. The molecule has 8 heteroatoms. The summed E-state index contributed by atoms with van der Waals surface area (Å²) in [5.74, 6) is -0.0928. The number of rotatable bonds is 7. The lowest BCUT2D eigenvalue weighted by Gasteiger charge is -2.10. The molecule has 0 spiro atoms. The molecule has 25 heavy (non-hydrogen) atoms. The van der Waals surface area contributed by atoms with Gasteiger partial charge in [-0.3, -0.25) is 4.99 Å². The average Bonchev–Trinajstić information content (AvgIpc) is 2.56. The van der Waals surface area contributed by atoms with Crippen molar-refractivity contribution >= 4 is 17.3 Å². The van der Waals surface area contributed by atoms with Crippen LogP contribution in [0.3, 0.4) is 0 Å². The van der Waals surface area contributed by atoms with Gasteiger partial charge >= 0.3 is 6.36 Å². The van der Waals surface area contributed by atoms with Gasteiger partial charge in [0, 0.05) is 24.5 Å². The Bertz CT molecular complexity index is 673. The molecule has 0 fully saturated rings. The molecule has 0 aliphatic carbocycles. The van der Waals surface area contributed by atoms with Crippen LogP contribution < -0.4 is 21.1 Å². The van der Waals surface area contributed by atoms with Gasteiger partial charge in [-0.15, -0.1) is 13.2 Å². The second kappa shape index (κ2) is 8.81. The molecule has 0 saturated heterocycles. The topological polar surface area (TPSA) is 71.7 Å². The van der Waals surface area contributed by atoms with E-state index < -0.39 is 6.36 Å². The first-order chi connectivity index (χ1) is 11.9. The second-order valence-electron chi connectivity index (χ2n) is 5.11. The van der Waals surface area contributed by atoms with Crippen molar-refractivity contribution in [2.75, 3.05) is 23.7 Å². The number of aliphatic imine (C=N–C) groups is 1.